The standard InChI is InChI=1S/C13H20N4/c1-2-10(1)15-13-14-6-8-17(13)12-5-7-16(9-12)11-3-4-11/h6,8,10-12H,1-5,7,9H2,(H,14,15). The van der Waals surface area contributed by atoms with E-state index in [-0.39, 0.29) is 0 Å². The van der Waals surface area contributed by atoms with Crippen molar-refractivity contribution in [1.29, 1.82) is 0 Å². The van der Waals surface area contributed by atoms with Crippen molar-refractivity contribution in [2.75, 3.05) is 18.4 Å². The third-order valence-corrected chi connectivity index (χ3v) is 4.23. The van der Waals surface area contributed by atoms with E-state index in [1.807, 2.05) is 6.20 Å². The Morgan fingerprint density at radius 2 is 2.00 bits per heavy atom. The summed E-state index contributed by atoms with van der Waals surface area (Å²) in [7, 11) is 0. The smallest absolute Gasteiger partial charge is 0.203 e. The van der Waals surface area contributed by atoms with Crippen LogP contribution in [0.3, 0.4) is 0 Å². The van der Waals surface area contributed by atoms with Crippen molar-refractivity contribution in [2.24, 2.45) is 0 Å². The molecular weight excluding hydrogens is 212 g/mol. The van der Waals surface area contributed by atoms with Gasteiger partial charge in [0.25, 0.3) is 0 Å². The minimum atomic E-state index is 0.638. The second kappa shape index (κ2) is 3.73. The fourth-order valence-electron chi connectivity index (χ4n) is 2.90. The number of anilines is 1. The van der Waals surface area contributed by atoms with Crippen LogP contribution in [0.5, 0.6) is 0 Å². The molecular formula is C13H20N4. The van der Waals surface area contributed by atoms with Crippen LogP contribution < -0.4 is 5.32 Å². The molecule has 1 unspecified atom stereocenters. The highest BCUT2D eigenvalue weighted by molar-refractivity contribution is 5.30. The van der Waals surface area contributed by atoms with Crippen molar-refractivity contribution in [2.45, 2.75) is 50.2 Å². The predicted molar refractivity (Wildman–Crippen MR) is 67.1 cm³/mol. The Morgan fingerprint density at radius 1 is 1.12 bits per heavy atom. The highest BCUT2D eigenvalue weighted by Crippen LogP contribution is 2.34. The lowest BCUT2D eigenvalue weighted by Gasteiger charge is -2.17. The van der Waals surface area contributed by atoms with Crippen LogP contribution in [0.15, 0.2) is 12.4 Å². The first-order valence-electron chi connectivity index (χ1n) is 6.93. The second-order valence-corrected chi connectivity index (χ2v) is 5.75. The number of hydrogen-bond donors (Lipinski definition) is 1. The summed E-state index contributed by atoms with van der Waals surface area (Å²) in [4.78, 5) is 7.12. The number of likely N-dealkylation sites (tertiary alicyclic amines) is 1. The van der Waals surface area contributed by atoms with Crippen molar-refractivity contribution in [3.05, 3.63) is 12.4 Å². The summed E-state index contributed by atoms with van der Waals surface area (Å²) in [6.45, 7) is 2.50. The van der Waals surface area contributed by atoms with Crippen molar-refractivity contribution in [3.8, 4) is 0 Å². The predicted octanol–water partition coefficient (Wildman–Crippen LogP) is 1.87. The third kappa shape index (κ3) is 1.95. The third-order valence-electron chi connectivity index (χ3n) is 4.23. The monoisotopic (exact) mass is 232 g/mol. The maximum Gasteiger partial charge on any atom is 0.203 e. The summed E-state index contributed by atoms with van der Waals surface area (Å²) in [5.41, 5.74) is 0. The summed E-state index contributed by atoms with van der Waals surface area (Å²) in [5, 5.41) is 3.53. The minimum absolute atomic E-state index is 0.638. The zero-order valence-corrected chi connectivity index (χ0v) is 10.2. The number of imidazole rings is 1. The molecule has 92 valence electrons. The van der Waals surface area contributed by atoms with Crippen molar-refractivity contribution in [1.82, 2.24) is 14.5 Å². The summed E-state index contributed by atoms with van der Waals surface area (Å²) in [6, 6.07) is 2.24. The van der Waals surface area contributed by atoms with Gasteiger partial charge in [-0.05, 0) is 32.1 Å². The van der Waals surface area contributed by atoms with Crippen LogP contribution in [0.4, 0.5) is 5.95 Å². The zero-order chi connectivity index (χ0) is 11.2. The van der Waals surface area contributed by atoms with Gasteiger partial charge in [-0.1, -0.05) is 0 Å². The number of nitrogens with one attached hydrogen (secondary N) is 1. The molecule has 17 heavy (non-hydrogen) atoms. The van der Waals surface area contributed by atoms with Gasteiger partial charge in [0.2, 0.25) is 5.95 Å². The molecule has 1 aromatic heterocycles. The SMILES string of the molecule is c1cn(C2CCN(C3CC3)C2)c(NC2CC2)n1. The second-order valence-electron chi connectivity index (χ2n) is 5.75. The largest absolute Gasteiger partial charge is 0.353 e. The number of rotatable bonds is 4. The van der Waals surface area contributed by atoms with Crippen LogP contribution in [-0.4, -0.2) is 39.6 Å². The summed E-state index contributed by atoms with van der Waals surface area (Å²) < 4.78 is 2.36. The average molecular weight is 232 g/mol. The molecule has 1 N–H and O–H groups in total. The molecule has 0 radical (unpaired) electrons. The van der Waals surface area contributed by atoms with Crippen LogP contribution in [-0.2, 0) is 0 Å². The molecule has 4 rings (SSSR count). The Kier molecular flexibility index (Phi) is 2.18. The van der Waals surface area contributed by atoms with E-state index in [2.05, 4.69) is 26.0 Å². The van der Waals surface area contributed by atoms with Crippen LogP contribution in [0.1, 0.15) is 38.1 Å². The van der Waals surface area contributed by atoms with E-state index in [0.29, 0.717) is 12.1 Å². The molecule has 1 atom stereocenters. The zero-order valence-electron chi connectivity index (χ0n) is 10.2. The Labute approximate surface area is 102 Å². The Balaban J connectivity index is 1.47. The summed E-state index contributed by atoms with van der Waals surface area (Å²) >= 11 is 0. The lowest BCUT2D eigenvalue weighted by molar-refractivity contribution is 0.314. The molecule has 3 aliphatic rings. The Morgan fingerprint density at radius 3 is 2.76 bits per heavy atom. The van der Waals surface area contributed by atoms with E-state index in [4.69, 9.17) is 0 Å². The van der Waals surface area contributed by atoms with E-state index in [9.17, 15) is 0 Å². The van der Waals surface area contributed by atoms with Crippen LogP contribution >= 0.6 is 0 Å². The number of aromatic nitrogens is 2. The van der Waals surface area contributed by atoms with Gasteiger partial charge < -0.3 is 9.88 Å². The molecule has 4 nitrogen and oxygen atoms in total. The molecule has 0 spiro atoms. The first-order valence-corrected chi connectivity index (χ1v) is 6.93. The number of hydrogen-bond acceptors (Lipinski definition) is 3. The topological polar surface area (TPSA) is 33.1 Å². The van der Waals surface area contributed by atoms with Gasteiger partial charge in [-0.3, -0.25) is 4.90 Å². The Hall–Kier alpha value is -1.03. The minimum Gasteiger partial charge on any atom is -0.353 e. The van der Waals surface area contributed by atoms with Gasteiger partial charge in [0, 0.05) is 37.6 Å². The number of nitrogens with zero attached hydrogens (tertiary/aromatic N) is 3. The first kappa shape index (κ1) is 9.95. The van der Waals surface area contributed by atoms with Gasteiger partial charge in [0.15, 0.2) is 0 Å². The van der Waals surface area contributed by atoms with E-state index >= 15 is 0 Å². The average Bonchev–Trinajstić information content (AvgIpc) is 3.23. The highest BCUT2D eigenvalue weighted by Gasteiger charge is 2.35. The molecule has 1 aromatic rings. The van der Waals surface area contributed by atoms with Crippen LogP contribution in [0.25, 0.3) is 0 Å². The molecule has 1 saturated heterocycles. The van der Waals surface area contributed by atoms with Gasteiger partial charge in [0.05, 0.1) is 6.04 Å². The maximum atomic E-state index is 4.46. The van der Waals surface area contributed by atoms with Gasteiger partial charge in [-0.2, -0.15) is 0 Å². The maximum absolute atomic E-state index is 4.46. The summed E-state index contributed by atoms with van der Waals surface area (Å²) in [5.74, 6) is 1.09. The van der Waals surface area contributed by atoms with Crippen molar-refractivity contribution < 1.29 is 0 Å². The molecule has 0 bridgehead atoms. The molecule has 4 heteroatoms. The van der Waals surface area contributed by atoms with E-state index in [1.54, 1.807) is 0 Å². The molecule has 0 aromatic carbocycles. The van der Waals surface area contributed by atoms with Crippen molar-refractivity contribution >= 4 is 5.95 Å². The van der Waals surface area contributed by atoms with E-state index in [1.165, 1.54) is 45.2 Å². The molecule has 2 heterocycles. The molecule has 3 fully saturated rings. The summed E-state index contributed by atoms with van der Waals surface area (Å²) in [6.07, 6.45) is 10.8. The molecule has 2 aliphatic carbocycles. The van der Waals surface area contributed by atoms with Crippen LogP contribution in [0, 0.1) is 0 Å². The molecule has 0 amide bonds. The van der Waals surface area contributed by atoms with Gasteiger partial charge in [0.1, 0.15) is 0 Å². The normalized spacial score (nSPS) is 29.8. The van der Waals surface area contributed by atoms with E-state index in [0.717, 1.165) is 12.0 Å². The quantitative estimate of drug-likeness (QED) is 0.860. The van der Waals surface area contributed by atoms with Crippen LogP contribution in [0.2, 0.25) is 0 Å². The molecule has 1 aliphatic heterocycles. The first-order chi connectivity index (χ1) is 8.40. The lowest BCUT2D eigenvalue weighted by atomic mass is 10.2. The van der Waals surface area contributed by atoms with Gasteiger partial charge in [-0.25, -0.2) is 4.98 Å². The van der Waals surface area contributed by atoms with Gasteiger partial charge >= 0.3 is 0 Å². The fourth-order valence-corrected chi connectivity index (χ4v) is 2.90. The Bertz CT molecular complexity index is 405. The van der Waals surface area contributed by atoms with E-state index < -0.39 is 0 Å². The fraction of sp³-hybridized carbons (Fsp3) is 0.769. The molecule has 2 saturated carbocycles. The highest BCUT2D eigenvalue weighted by atomic mass is 15.3. The van der Waals surface area contributed by atoms with Crippen molar-refractivity contribution in [3.63, 3.8) is 0 Å². The lowest BCUT2D eigenvalue weighted by Crippen LogP contribution is -2.24. The van der Waals surface area contributed by atoms with Gasteiger partial charge in [-0.15, -0.1) is 0 Å².